The van der Waals surface area contributed by atoms with E-state index in [1.54, 1.807) is 0 Å². The first-order valence-electron chi connectivity index (χ1n) is 6.92. The number of hydrogen-bond acceptors (Lipinski definition) is 3. The molecule has 3 nitrogen and oxygen atoms in total. The third-order valence-electron chi connectivity index (χ3n) is 3.03. The fraction of sp³-hybridized carbons (Fsp3) is 0.375. The number of benzene rings is 1. The second-order valence-electron chi connectivity index (χ2n) is 4.66. The molecule has 1 aromatic carbocycles. The maximum Gasteiger partial charge on any atom is 0.162 e. The standard InChI is InChI=1S/C16H21N3/c1-4-8-13-11-15(17-5-2)19-16(18-13)14-10-7-6-9-12(14)3/h6-7,9-11H,4-5,8H2,1-3H3,(H,17,18,19). The maximum atomic E-state index is 4.69. The second kappa shape index (κ2) is 6.32. The van der Waals surface area contributed by atoms with Gasteiger partial charge in [-0.1, -0.05) is 37.6 Å². The molecule has 1 N–H and O–H groups in total. The van der Waals surface area contributed by atoms with E-state index in [-0.39, 0.29) is 0 Å². The van der Waals surface area contributed by atoms with Crippen molar-refractivity contribution in [2.75, 3.05) is 11.9 Å². The van der Waals surface area contributed by atoms with Gasteiger partial charge in [0.15, 0.2) is 5.82 Å². The van der Waals surface area contributed by atoms with E-state index >= 15 is 0 Å². The number of aryl methyl sites for hydroxylation is 2. The van der Waals surface area contributed by atoms with Crippen LogP contribution in [0.1, 0.15) is 31.5 Å². The second-order valence-corrected chi connectivity index (χ2v) is 4.66. The molecule has 1 heterocycles. The molecule has 0 aliphatic carbocycles. The van der Waals surface area contributed by atoms with E-state index in [1.165, 1.54) is 5.56 Å². The molecule has 0 aliphatic heterocycles. The molecule has 0 unspecified atom stereocenters. The molecule has 0 aliphatic rings. The van der Waals surface area contributed by atoms with Crippen LogP contribution in [0.4, 0.5) is 5.82 Å². The molecule has 0 spiro atoms. The van der Waals surface area contributed by atoms with Crippen LogP contribution in [0.25, 0.3) is 11.4 Å². The Bertz CT molecular complexity index is 525. The van der Waals surface area contributed by atoms with Crippen LogP contribution in [0.3, 0.4) is 0 Å². The monoisotopic (exact) mass is 255 g/mol. The van der Waals surface area contributed by atoms with E-state index < -0.39 is 0 Å². The Labute approximate surface area is 115 Å². The van der Waals surface area contributed by atoms with Gasteiger partial charge in [-0.25, -0.2) is 9.97 Å². The SMILES string of the molecule is CCCc1cc(NCC)nc(-c2ccccc2C)n1. The molecule has 3 heteroatoms. The van der Waals surface area contributed by atoms with Crippen molar-refractivity contribution in [1.29, 1.82) is 0 Å². The summed E-state index contributed by atoms with van der Waals surface area (Å²) in [6.07, 6.45) is 2.08. The molecule has 0 fully saturated rings. The smallest absolute Gasteiger partial charge is 0.162 e. The first-order chi connectivity index (χ1) is 9.24. The molecule has 100 valence electrons. The Morgan fingerprint density at radius 2 is 1.89 bits per heavy atom. The number of aromatic nitrogens is 2. The summed E-state index contributed by atoms with van der Waals surface area (Å²) in [6, 6.07) is 10.3. The number of rotatable bonds is 5. The minimum absolute atomic E-state index is 0.819. The highest BCUT2D eigenvalue weighted by Gasteiger charge is 2.08. The van der Waals surface area contributed by atoms with Gasteiger partial charge in [-0.2, -0.15) is 0 Å². The van der Waals surface area contributed by atoms with Crippen molar-refractivity contribution in [3.05, 3.63) is 41.6 Å². The highest BCUT2D eigenvalue weighted by atomic mass is 15.0. The number of nitrogens with zero attached hydrogens (tertiary/aromatic N) is 2. The quantitative estimate of drug-likeness (QED) is 0.882. The van der Waals surface area contributed by atoms with Crippen molar-refractivity contribution in [3.8, 4) is 11.4 Å². The van der Waals surface area contributed by atoms with Gasteiger partial charge in [0.2, 0.25) is 0 Å². The zero-order valence-corrected chi connectivity index (χ0v) is 11.9. The Morgan fingerprint density at radius 1 is 1.11 bits per heavy atom. The maximum absolute atomic E-state index is 4.69. The van der Waals surface area contributed by atoms with Crippen LogP contribution in [0.5, 0.6) is 0 Å². The lowest BCUT2D eigenvalue weighted by Gasteiger charge is -2.10. The van der Waals surface area contributed by atoms with E-state index in [9.17, 15) is 0 Å². The van der Waals surface area contributed by atoms with Gasteiger partial charge in [-0.05, 0) is 25.8 Å². The van der Waals surface area contributed by atoms with Crippen LogP contribution in [0, 0.1) is 6.92 Å². The zero-order chi connectivity index (χ0) is 13.7. The van der Waals surface area contributed by atoms with E-state index in [0.29, 0.717) is 0 Å². The van der Waals surface area contributed by atoms with Crippen molar-refractivity contribution < 1.29 is 0 Å². The van der Waals surface area contributed by atoms with Gasteiger partial charge in [-0.3, -0.25) is 0 Å². The minimum Gasteiger partial charge on any atom is -0.370 e. The summed E-state index contributed by atoms with van der Waals surface area (Å²) < 4.78 is 0. The third-order valence-corrected chi connectivity index (χ3v) is 3.03. The van der Waals surface area contributed by atoms with E-state index in [4.69, 9.17) is 0 Å². The molecule has 0 saturated carbocycles. The largest absolute Gasteiger partial charge is 0.370 e. The predicted molar refractivity (Wildman–Crippen MR) is 80.4 cm³/mol. The normalized spacial score (nSPS) is 10.5. The van der Waals surface area contributed by atoms with E-state index in [1.807, 2.05) is 12.1 Å². The third kappa shape index (κ3) is 3.31. The van der Waals surface area contributed by atoms with Crippen LogP contribution in [0.2, 0.25) is 0 Å². The van der Waals surface area contributed by atoms with Crippen LogP contribution in [-0.2, 0) is 6.42 Å². The van der Waals surface area contributed by atoms with Gasteiger partial charge in [0.1, 0.15) is 5.82 Å². The molecule has 19 heavy (non-hydrogen) atoms. The molecule has 1 aromatic heterocycles. The summed E-state index contributed by atoms with van der Waals surface area (Å²) >= 11 is 0. The van der Waals surface area contributed by atoms with Gasteiger partial charge in [0.05, 0.1) is 0 Å². The van der Waals surface area contributed by atoms with Crippen molar-refractivity contribution in [2.45, 2.75) is 33.6 Å². The van der Waals surface area contributed by atoms with Gasteiger partial charge in [0.25, 0.3) is 0 Å². The highest BCUT2D eigenvalue weighted by molar-refractivity contribution is 5.61. The molecule has 0 bridgehead atoms. The summed E-state index contributed by atoms with van der Waals surface area (Å²) in [6.45, 7) is 7.21. The van der Waals surface area contributed by atoms with Gasteiger partial charge in [-0.15, -0.1) is 0 Å². The Hall–Kier alpha value is -1.90. The lowest BCUT2D eigenvalue weighted by molar-refractivity contribution is 0.874. The van der Waals surface area contributed by atoms with E-state index in [2.05, 4.69) is 54.3 Å². The summed E-state index contributed by atoms with van der Waals surface area (Å²) in [7, 11) is 0. The molecule has 2 aromatic rings. The van der Waals surface area contributed by atoms with Crippen LogP contribution < -0.4 is 5.32 Å². The highest BCUT2D eigenvalue weighted by Crippen LogP contribution is 2.21. The summed E-state index contributed by atoms with van der Waals surface area (Å²) in [5.74, 6) is 1.74. The predicted octanol–water partition coefficient (Wildman–Crippen LogP) is 3.84. The van der Waals surface area contributed by atoms with Crippen LogP contribution >= 0.6 is 0 Å². The first kappa shape index (κ1) is 13.5. The van der Waals surface area contributed by atoms with Crippen molar-refractivity contribution in [2.24, 2.45) is 0 Å². The van der Waals surface area contributed by atoms with Crippen molar-refractivity contribution in [1.82, 2.24) is 9.97 Å². The minimum atomic E-state index is 0.819. The fourth-order valence-corrected chi connectivity index (χ4v) is 2.10. The van der Waals surface area contributed by atoms with Crippen LogP contribution in [0.15, 0.2) is 30.3 Å². The lowest BCUT2D eigenvalue weighted by atomic mass is 10.1. The molecular weight excluding hydrogens is 234 g/mol. The summed E-state index contributed by atoms with van der Waals surface area (Å²) in [5, 5.41) is 3.28. The Balaban J connectivity index is 2.46. The van der Waals surface area contributed by atoms with Gasteiger partial charge < -0.3 is 5.32 Å². The number of hydrogen-bond donors (Lipinski definition) is 1. The average molecular weight is 255 g/mol. The topological polar surface area (TPSA) is 37.8 Å². The van der Waals surface area contributed by atoms with E-state index in [0.717, 1.165) is 42.3 Å². The number of nitrogens with one attached hydrogen (secondary N) is 1. The number of anilines is 1. The van der Waals surface area contributed by atoms with Gasteiger partial charge >= 0.3 is 0 Å². The zero-order valence-electron chi connectivity index (χ0n) is 11.9. The summed E-state index contributed by atoms with van der Waals surface area (Å²) in [5.41, 5.74) is 3.42. The Morgan fingerprint density at radius 3 is 2.58 bits per heavy atom. The molecule has 0 atom stereocenters. The molecule has 0 amide bonds. The van der Waals surface area contributed by atoms with Crippen molar-refractivity contribution in [3.63, 3.8) is 0 Å². The summed E-state index contributed by atoms with van der Waals surface area (Å²) in [4.78, 5) is 9.30. The Kier molecular flexibility index (Phi) is 4.50. The average Bonchev–Trinajstić information content (AvgIpc) is 2.40. The van der Waals surface area contributed by atoms with Gasteiger partial charge in [0, 0.05) is 23.9 Å². The molecule has 2 rings (SSSR count). The molecule has 0 saturated heterocycles. The van der Waals surface area contributed by atoms with Crippen LogP contribution in [-0.4, -0.2) is 16.5 Å². The fourth-order valence-electron chi connectivity index (χ4n) is 2.10. The van der Waals surface area contributed by atoms with Crippen molar-refractivity contribution >= 4 is 5.82 Å². The molecular formula is C16H21N3. The lowest BCUT2D eigenvalue weighted by Crippen LogP contribution is -2.04. The first-order valence-corrected chi connectivity index (χ1v) is 6.92. The molecule has 0 radical (unpaired) electrons.